The summed E-state index contributed by atoms with van der Waals surface area (Å²) in [4.78, 5) is 0. The smallest absolute Gasteiger partial charge is 0.0991 e. The quantitative estimate of drug-likeness (QED) is 0.608. The minimum absolute atomic E-state index is 0.187. The van der Waals surface area contributed by atoms with Crippen molar-refractivity contribution >= 4 is 0 Å². The van der Waals surface area contributed by atoms with Gasteiger partial charge in [-0.15, -0.1) is 0 Å². The number of nitrogens with one attached hydrogen (secondary N) is 1. The zero-order chi connectivity index (χ0) is 13.4. The molecule has 0 amide bonds. The highest BCUT2D eigenvalue weighted by molar-refractivity contribution is 4.97. The van der Waals surface area contributed by atoms with Gasteiger partial charge in [0, 0.05) is 19.8 Å². The lowest BCUT2D eigenvalue weighted by Crippen LogP contribution is -2.60. The first-order chi connectivity index (χ1) is 8.69. The van der Waals surface area contributed by atoms with E-state index in [9.17, 15) is 0 Å². The molecule has 3 atom stereocenters. The molecule has 0 aromatic carbocycles. The van der Waals surface area contributed by atoms with Gasteiger partial charge in [0.2, 0.25) is 0 Å². The zero-order valence-electron chi connectivity index (χ0n) is 12.3. The van der Waals surface area contributed by atoms with E-state index >= 15 is 0 Å². The second-order valence-electron chi connectivity index (χ2n) is 5.32. The third-order valence-corrected chi connectivity index (χ3v) is 3.34. The number of hydrogen-bond donors (Lipinski definition) is 1. The van der Waals surface area contributed by atoms with Gasteiger partial charge in [0.05, 0.1) is 25.4 Å². The van der Waals surface area contributed by atoms with E-state index in [1.165, 1.54) is 0 Å². The van der Waals surface area contributed by atoms with E-state index in [4.69, 9.17) is 14.2 Å². The Morgan fingerprint density at radius 3 is 2.56 bits per heavy atom. The fraction of sp³-hybridized carbons (Fsp3) is 1.00. The highest BCUT2D eigenvalue weighted by Gasteiger charge is 2.42. The normalized spacial score (nSPS) is 27.5. The van der Waals surface area contributed by atoms with E-state index in [1.807, 2.05) is 0 Å². The zero-order valence-corrected chi connectivity index (χ0v) is 12.3. The van der Waals surface area contributed by atoms with Crippen molar-refractivity contribution in [3.05, 3.63) is 0 Å². The summed E-state index contributed by atoms with van der Waals surface area (Å²) < 4.78 is 16.8. The van der Waals surface area contributed by atoms with Crippen LogP contribution in [0.5, 0.6) is 0 Å². The Morgan fingerprint density at radius 2 is 1.94 bits per heavy atom. The molecule has 3 unspecified atom stereocenters. The first-order valence-corrected chi connectivity index (χ1v) is 7.14. The predicted octanol–water partition coefficient (Wildman–Crippen LogP) is 1.83. The minimum atomic E-state index is 0.187. The Labute approximate surface area is 111 Å². The van der Waals surface area contributed by atoms with E-state index in [1.54, 1.807) is 7.11 Å². The molecule has 1 aliphatic carbocycles. The molecule has 0 aliphatic heterocycles. The summed E-state index contributed by atoms with van der Waals surface area (Å²) in [5.41, 5.74) is 0. The lowest BCUT2D eigenvalue weighted by molar-refractivity contribution is -0.152. The van der Waals surface area contributed by atoms with E-state index in [0.29, 0.717) is 25.2 Å². The van der Waals surface area contributed by atoms with Crippen molar-refractivity contribution in [2.45, 2.75) is 51.9 Å². The van der Waals surface area contributed by atoms with Crippen molar-refractivity contribution in [2.24, 2.45) is 5.92 Å². The highest BCUT2D eigenvalue weighted by Crippen LogP contribution is 2.27. The van der Waals surface area contributed by atoms with Gasteiger partial charge in [-0.3, -0.25) is 0 Å². The maximum absolute atomic E-state index is 5.90. The molecule has 108 valence electrons. The molecule has 0 spiro atoms. The molecule has 1 fully saturated rings. The van der Waals surface area contributed by atoms with Gasteiger partial charge in [0.15, 0.2) is 0 Å². The van der Waals surface area contributed by atoms with Crippen LogP contribution in [0.4, 0.5) is 0 Å². The van der Waals surface area contributed by atoms with Gasteiger partial charge in [0.1, 0.15) is 0 Å². The van der Waals surface area contributed by atoms with Crippen LogP contribution < -0.4 is 5.32 Å². The molecule has 4 nitrogen and oxygen atoms in total. The van der Waals surface area contributed by atoms with Crippen molar-refractivity contribution in [3.63, 3.8) is 0 Å². The Bertz CT molecular complexity index is 211. The summed E-state index contributed by atoms with van der Waals surface area (Å²) in [6.45, 7) is 9.68. The van der Waals surface area contributed by atoms with Crippen LogP contribution in [-0.2, 0) is 14.2 Å². The number of rotatable bonds is 10. The minimum Gasteiger partial charge on any atom is -0.382 e. The van der Waals surface area contributed by atoms with E-state index in [0.717, 1.165) is 26.0 Å². The van der Waals surface area contributed by atoms with Crippen LogP contribution >= 0.6 is 0 Å². The molecule has 4 heteroatoms. The average Bonchev–Trinajstić information content (AvgIpc) is 2.32. The molecule has 1 aliphatic rings. The summed E-state index contributed by atoms with van der Waals surface area (Å²) in [5, 5.41) is 3.44. The number of likely N-dealkylation sites (N-methyl/N-ethyl adjacent to an activating group) is 1. The van der Waals surface area contributed by atoms with Crippen molar-refractivity contribution < 1.29 is 14.2 Å². The lowest BCUT2D eigenvalue weighted by atomic mass is 9.85. The fourth-order valence-corrected chi connectivity index (χ4v) is 2.15. The molecule has 1 rings (SSSR count). The van der Waals surface area contributed by atoms with Crippen LogP contribution in [0.25, 0.3) is 0 Å². The molecule has 0 aromatic heterocycles. The Morgan fingerprint density at radius 1 is 1.17 bits per heavy atom. The van der Waals surface area contributed by atoms with Crippen molar-refractivity contribution in [1.29, 1.82) is 0 Å². The Balaban J connectivity index is 2.24. The third-order valence-electron chi connectivity index (χ3n) is 3.34. The van der Waals surface area contributed by atoms with Crippen LogP contribution in [0, 0.1) is 5.92 Å². The molecular formula is C14H29NO3. The van der Waals surface area contributed by atoms with Gasteiger partial charge in [-0.25, -0.2) is 0 Å². The van der Waals surface area contributed by atoms with Crippen molar-refractivity contribution in [1.82, 2.24) is 5.32 Å². The fourth-order valence-electron chi connectivity index (χ4n) is 2.15. The van der Waals surface area contributed by atoms with Gasteiger partial charge in [-0.1, -0.05) is 20.8 Å². The highest BCUT2D eigenvalue weighted by atomic mass is 16.6. The van der Waals surface area contributed by atoms with Crippen LogP contribution in [0.1, 0.15) is 33.6 Å². The molecule has 1 saturated carbocycles. The monoisotopic (exact) mass is 259 g/mol. The molecule has 0 saturated heterocycles. The largest absolute Gasteiger partial charge is 0.382 e. The van der Waals surface area contributed by atoms with E-state index in [2.05, 4.69) is 26.1 Å². The van der Waals surface area contributed by atoms with Gasteiger partial charge in [-0.2, -0.15) is 0 Å². The summed E-state index contributed by atoms with van der Waals surface area (Å²) in [5.74, 6) is 0.697. The van der Waals surface area contributed by atoms with Gasteiger partial charge < -0.3 is 19.5 Å². The maximum atomic E-state index is 5.90. The van der Waals surface area contributed by atoms with E-state index < -0.39 is 0 Å². The van der Waals surface area contributed by atoms with Gasteiger partial charge in [-0.05, 0) is 25.3 Å². The molecule has 0 aromatic rings. The van der Waals surface area contributed by atoms with Crippen LogP contribution in [0.2, 0.25) is 0 Å². The summed E-state index contributed by atoms with van der Waals surface area (Å²) in [6, 6.07) is 0.441. The summed E-state index contributed by atoms with van der Waals surface area (Å²) in [7, 11) is 1.70. The van der Waals surface area contributed by atoms with Crippen LogP contribution in [0.3, 0.4) is 0 Å². The molecule has 1 N–H and O–H groups in total. The van der Waals surface area contributed by atoms with Crippen molar-refractivity contribution in [3.8, 4) is 0 Å². The molecular weight excluding hydrogens is 230 g/mol. The molecule has 18 heavy (non-hydrogen) atoms. The molecule has 0 bridgehead atoms. The summed E-state index contributed by atoms with van der Waals surface area (Å²) in [6.07, 6.45) is 2.62. The first-order valence-electron chi connectivity index (χ1n) is 7.14. The number of methoxy groups -OCH3 is 1. The van der Waals surface area contributed by atoms with Crippen LogP contribution in [-0.4, -0.2) is 51.7 Å². The first kappa shape index (κ1) is 15.9. The number of hydrogen-bond acceptors (Lipinski definition) is 4. The molecule has 0 radical (unpaired) electrons. The van der Waals surface area contributed by atoms with Gasteiger partial charge in [0.25, 0.3) is 0 Å². The average molecular weight is 259 g/mol. The Kier molecular flexibility index (Phi) is 7.82. The molecule has 0 heterocycles. The second kappa shape index (κ2) is 8.86. The second-order valence-corrected chi connectivity index (χ2v) is 5.32. The number of ether oxygens (including phenoxy) is 3. The SMILES string of the molecule is CCNC1CC(OCCC(C)C)C1OCCOC. The van der Waals surface area contributed by atoms with E-state index in [-0.39, 0.29) is 12.2 Å². The Hall–Kier alpha value is -0.160. The summed E-state index contributed by atoms with van der Waals surface area (Å²) >= 11 is 0. The lowest BCUT2D eigenvalue weighted by Gasteiger charge is -2.44. The third kappa shape index (κ3) is 5.22. The topological polar surface area (TPSA) is 39.7 Å². The maximum Gasteiger partial charge on any atom is 0.0991 e. The standard InChI is InChI=1S/C14H29NO3/c1-5-15-12-10-13(17-7-6-11(2)3)14(12)18-9-8-16-4/h11-15H,5-10H2,1-4H3. The van der Waals surface area contributed by atoms with Gasteiger partial charge >= 0.3 is 0 Å². The van der Waals surface area contributed by atoms with Crippen LogP contribution in [0.15, 0.2) is 0 Å². The van der Waals surface area contributed by atoms with Crippen molar-refractivity contribution in [2.75, 3.05) is 33.5 Å². The predicted molar refractivity (Wildman–Crippen MR) is 72.9 cm³/mol.